The fourth-order valence-corrected chi connectivity index (χ4v) is 2.74. The van der Waals surface area contributed by atoms with Crippen LogP contribution in [0, 0.1) is 12.8 Å². The van der Waals surface area contributed by atoms with Crippen LogP contribution in [0.2, 0.25) is 0 Å². The highest BCUT2D eigenvalue weighted by atomic mass is 16.3. The van der Waals surface area contributed by atoms with Crippen LogP contribution in [0.5, 0.6) is 0 Å². The Labute approximate surface area is 134 Å². The average molecular weight is 311 g/mol. The molecule has 0 saturated carbocycles. The molecule has 3 aromatic rings. The first-order valence-corrected chi connectivity index (χ1v) is 7.79. The summed E-state index contributed by atoms with van der Waals surface area (Å²) in [6, 6.07) is 13.5. The monoisotopic (exact) mass is 311 g/mol. The highest BCUT2D eigenvalue weighted by molar-refractivity contribution is 5.48. The lowest BCUT2D eigenvalue weighted by molar-refractivity contribution is 0.117. The molecular weight excluding hydrogens is 290 g/mol. The quantitative estimate of drug-likeness (QED) is 0.805. The van der Waals surface area contributed by atoms with Gasteiger partial charge in [0.1, 0.15) is 0 Å². The molecule has 0 radical (unpaired) electrons. The highest BCUT2D eigenvalue weighted by Crippen LogP contribution is 2.22. The van der Waals surface area contributed by atoms with Gasteiger partial charge in [-0.1, -0.05) is 44.2 Å². The number of hydrogen-bond acceptors (Lipinski definition) is 3. The molecule has 0 amide bonds. The topological polar surface area (TPSA) is 59.5 Å². The molecule has 3 rings (SSSR count). The third-order valence-corrected chi connectivity index (χ3v) is 4.00. The standard InChI is InChI=1S/C18H21N3O2/c1-12(2)17(22)16-10-15-9-13(3)19-21(15)18(23)20(16)11-14-7-5-4-6-8-14/h4-10,12,17,22H,11H2,1-3H3/t17-/m1/s1. The van der Waals surface area contributed by atoms with E-state index < -0.39 is 6.10 Å². The first-order chi connectivity index (χ1) is 11.0. The number of aliphatic hydroxyl groups excluding tert-OH is 1. The maximum atomic E-state index is 12.8. The van der Waals surface area contributed by atoms with Gasteiger partial charge in [-0.3, -0.25) is 4.57 Å². The van der Waals surface area contributed by atoms with Gasteiger partial charge >= 0.3 is 5.69 Å². The molecule has 0 aliphatic heterocycles. The van der Waals surface area contributed by atoms with Crippen LogP contribution < -0.4 is 5.69 Å². The Morgan fingerprint density at radius 2 is 1.87 bits per heavy atom. The lowest BCUT2D eigenvalue weighted by atomic mass is 10.0. The molecule has 23 heavy (non-hydrogen) atoms. The van der Waals surface area contributed by atoms with Crippen LogP contribution in [-0.4, -0.2) is 19.3 Å². The van der Waals surface area contributed by atoms with Gasteiger partial charge in [-0.05, 0) is 30.5 Å². The molecule has 5 nitrogen and oxygen atoms in total. The lowest BCUT2D eigenvalue weighted by Crippen LogP contribution is -2.32. The molecular formula is C18H21N3O2. The number of fused-ring (bicyclic) bond motifs is 1. The first kappa shape index (κ1) is 15.5. The third-order valence-electron chi connectivity index (χ3n) is 4.00. The molecule has 0 unspecified atom stereocenters. The summed E-state index contributed by atoms with van der Waals surface area (Å²) < 4.78 is 3.01. The van der Waals surface area contributed by atoms with E-state index in [2.05, 4.69) is 5.10 Å². The second-order valence-corrected chi connectivity index (χ2v) is 6.23. The molecule has 0 aliphatic rings. The number of hydrogen-bond donors (Lipinski definition) is 1. The van der Waals surface area contributed by atoms with Gasteiger partial charge in [0, 0.05) is 0 Å². The van der Waals surface area contributed by atoms with Crippen molar-refractivity contribution in [2.75, 3.05) is 0 Å². The number of nitrogens with zero attached hydrogens (tertiary/aromatic N) is 3. The Hall–Kier alpha value is -2.40. The number of benzene rings is 1. The van der Waals surface area contributed by atoms with E-state index in [0.29, 0.717) is 17.8 Å². The van der Waals surface area contributed by atoms with Gasteiger partial charge in [0.15, 0.2) is 0 Å². The van der Waals surface area contributed by atoms with Crippen molar-refractivity contribution >= 4 is 5.52 Å². The minimum Gasteiger partial charge on any atom is -0.387 e. The van der Waals surface area contributed by atoms with Gasteiger partial charge in [0.25, 0.3) is 0 Å². The average Bonchev–Trinajstić information content (AvgIpc) is 2.91. The number of aliphatic hydroxyl groups is 1. The minimum absolute atomic E-state index is 0.0166. The summed E-state index contributed by atoms with van der Waals surface area (Å²) in [5, 5.41) is 14.8. The fraction of sp³-hybridized carbons (Fsp3) is 0.333. The molecule has 0 spiro atoms. The smallest absolute Gasteiger partial charge is 0.349 e. The summed E-state index contributed by atoms with van der Waals surface area (Å²) >= 11 is 0. The fourth-order valence-electron chi connectivity index (χ4n) is 2.74. The van der Waals surface area contributed by atoms with Gasteiger partial charge in [0.2, 0.25) is 0 Å². The Kier molecular flexibility index (Phi) is 4.05. The van der Waals surface area contributed by atoms with Crippen LogP contribution in [0.4, 0.5) is 0 Å². The van der Waals surface area contributed by atoms with E-state index in [1.54, 1.807) is 4.57 Å². The lowest BCUT2D eigenvalue weighted by Gasteiger charge is -2.20. The number of aromatic nitrogens is 3. The molecule has 1 atom stereocenters. The Morgan fingerprint density at radius 3 is 2.52 bits per heavy atom. The van der Waals surface area contributed by atoms with Gasteiger partial charge in [0.05, 0.1) is 29.6 Å². The van der Waals surface area contributed by atoms with Crippen LogP contribution in [0.1, 0.15) is 36.9 Å². The van der Waals surface area contributed by atoms with Gasteiger partial charge < -0.3 is 5.11 Å². The van der Waals surface area contributed by atoms with E-state index in [-0.39, 0.29) is 11.6 Å². The largest absolute Gasteiger partial charge is 0.387 e. The predicted octanol–water partition coefficient (Wildman–Crippen LogP) is 2.54. The van der Waals surface area contributed by atoms with Crippen molar-refractivity contribution in [3.63, 3.8) is 0 Å². The summed E-state index contributed by atoms with van der Waals surface area (Å²) in [6.07, 6.45) is -0.702. The van der Waals surface area contributed by atoms with Crippen LogP contribution in [0.25, 0.3) is 5.52 Å². The summed E-state index contributed by atoms with van der Waals surface area (Å²) in [5.41, 5.74) is 2.90. The predicted molar refractivity (Wildman–Crippen MR) is 89.5 cm³/mol. The second-order valence-electron chi connectivity index (χ2n) is 6.23. The van der Waals surface area contributed by atoms with Crippen molar-refractivity contribution in [1.82, 2.24) is 14.2 Å². The Bertz CT molecular complexity index is 878. The normalized spacial score (nSPS) is 12.9. The maximum absolute atomic E-state index is 12.8. The van der Waals surface area contributed by atoms with Crippen LogP contribution in [-0.2, 0) is 6.54 Å². The van der Waals surface area contributed by atoms with Gasteiger partial charge in [-0.2, -0.15) is 9.61 Å². The van der Waals surface area contributed by atoms with Crippen molar-refractivity contribution in [1.29, 1.82) is 0 Å². The Balaban J connectivity index is 2.21. The molecule has 0 bridgehead atoms. The van der Waals surface area contributed by atoms with E-state index in [4.69, 9.17) is 0 Å². The molecule has 5 heteroatoms. The summed E-state index contributed by atoms with van der Waals surface area (Å²) in [6.45, 7) is 6.14. The summed E-state index contributed by atoms with van der Waals surface area (Å²) in [7, 11) is 0. The zero-order valence-electron chi connectivity index (χ0n) is 13.6. The molecule has 2 heterocycles. The van der Waals surface area contributed by atoms with Crippen LogP contribution in [0.3, 0.4) is 0 Å². The van der Waals surface area contributed by atoms with Crippen molar-refractivity contribution in [2.45, 2.75) is 33.4 Å². The Morgan fingerprint density at radius 1 is 1.17 bits per heavy atom. The first-order valence-electron chi connectivity index (χ1n) is 7.79. The summed E-state index contributed by atoms with van der Waals surface area (Å²) in [4.78, 5) is 12.8. The molecule has 0 fully saturated rings. The molecule has 120 valence electrons. The van der Waals surface area contributed by atoms with Crippen molar-refractivity contribution in [2.24, 2.45) is 5.92 Å². The molecule has 0 saturated heterocycles. The van der Waals surface area contributed by atoms with Gasteiger partial charge in [-0.25, -0.2) is 4.79 Å². The van der Waals surface area contributed by atoms with Gasteiger partial charge in [-0.15, -0.1) is 0 Å². The van der Waals surface area contributed by atoms with Crippen molar-refractivity contribution < 1.29 is 5.11 Å². The number of aryl methyl sites for hydroxylation is 1. The SMILES string of the molecule is Cc1cc2cc([C@H](O)C(C)C)n(Cc3ccccc3)c(=O)n2n1. The third kappa shape index (κ3) is 2.92. The zero-order valence-corrected chi connectivity index (χ0v) is 13.6. The van der Waals surface area contributed by atoms with E-state index in [1.165, 1.54) is 4.52 Å². The molecule has 1 N–H and O–H groups in total. The van der Waals surface area contributed by atoms with E-state index in [1.807, 2.05) is 63.2 Å². The van der Waals surface area contributed by atoms with E-state index in [9.17, 15) is 9.90 Å². The molecule has 0 aliphatic carbocycles. The number of rotatable bonds is 4. The molecule has 2 aromatic heterocycles. The van der Waals surface area contributed by atoms with E-state index in [0.717, 1.165) is 11.3 Å². The second kappa shape index (κ2) is 6.01. The highest BCUT2D eigenvalue weighted by Gasteiger charge is 2.20. The van der Waals surface area contributed by atoms with Crippen molar-refractivity contribution in [3.8, 4) is 0 Å². The van der Waals surface area contributed by atoms with E-state index >= 15 is 0 Å². The zero-order chi connectivity index (χ0) is 16.6. The van der Waals surface area contributed by atoms with Crippen LogP contribution >= 0.6 is 0 Å². The molecule has 1 aromatic carbocycles. The maximum Gasteiger partial charge on any atom is 0.349 e. The van der Waals surface area contributed by atoms with Crippen LogP contribution in [0.15, 0.2) is 47.3 Å². The van der Waals surface area contributed by atoms with Crippen molar-refractivity contribution in [3.05, 3.63) is 69.9 Å². The minimum atomic E-state index is -0.702. The summed E-state index contributed by atoms with van der Waals surface area (Å²) in [5.74, 6) is 0.0166.